The van der Waals surface area contributed by atoms with Gasteiger partial charge in [-0.3, -0.25) is 4.90 Å². The van der Waals surface area contributed by atoms with Crippen LogP contribution in [-0.2, 0) is 0 Å². The maximum Gasteiger partial charge on any atom is 0.0923 e. The van der Waals surface area contributed by atoms with E-state index in [1.165, 1.54) is 19.3 Å². The molecular weight excluding hydrogens is 174 g/mol. The second kappa shape index (κ2) is 4.45. The average Bonchev–Trinajstić information content (AvgIpc) is 2.18. The first-order chi connectivity index (χ1) is 6.46. The van der Waals surface area contributed by atoms with E-state index in [4.69, 9.17) is 0 Å². The van der Waals surface area contributed by atoms with Crippen molar-refractivity contribution in [1.29, 1.82) is 0 Å². The summed E-state index contributed by atoms with van der Waals surface area (Å²) in [6.07, 6.45) is 3.43. The molecule has 82 valence electrons. The Balaban J connectivity index is 2.66. The van der Waals surface area contributed by atoms with E-state index in [-0.39, 0.29) is 5.54 Å². The molecule has 0 bridgehead atoms. The molecule has 0 aromatic heterocycles. The minimum atomic E-state index is -0.416. The molecule has 0 aliphatic carbocycles. The average molecular weight is 197 g/mol. The summed E-state index contributed by atoms with van der Waals surface area (Å²) in [4.78, 5) is 2.38. The summed E-state index contributed by atoms with van der Waals surface area (Å²) < 4.78 is 0. The predicted molar refractivity (Wildman–Crippen MR) is 60.3 cm³/mol. The van der Waals surface area contributed by atoms with E-state index in [0.717, 1.165) is 18.7 Å². The van der Waals surface area contributed by atoms with Crippen LogP contribution < -0.4 is 0 Å². The molecule has 1 fully saturated rings. The van der Waals surface area contributed by atoms with Crippen LogP contribution in [0.1, 0.15) is 40.0 Å². The van der Waals surface area contributed by atoms with Crippen molar-refractivity contribution < 1.29 is 5.11 Å². The van der Waals surface area contributed by atoms with E-state index < -0.39 is 6.10 Å². The van der Waals surface area contributed by atoms with Gasteiger partial charge in [-0.25, -0.2) is 0 Å². The smallest absolute Gasteiger partial charge is 0.0923 e. The Morgan fingerprint density at radius 3 is 2.21 bits per heavy atom. The molecule has 0 radical (unpaired) electrons. The minimum Gasteiger partial charge on any atom is -0.387 e. The van der Waals surface area contributed by atoms with Crippen molar-refractivity contribution in [2.45, 2.75) is 51.7 Å². The minimum absolute atomic E-state index is 0.160. The Bertz CT molecular complexity index is 204. The highest BCUT2D eigenvalue weighted by molar-refractivity contribution is 5.08. The molecule has 0 saturated carbocycles. The van der Waals surface area contributed by atoms with E-state index in [2.05, 4.69) is 25.3 Å². The molecule has 14 heavy (non-hydrogen) atoms. The standard InChI is InChI=1S/C12H23NO/c1-10(2)11(14)12(3,4)13-8-6-5-7-9-13/h11,14H,1,5-9H2,2-4H3. The molecule has 2 heteroatoms. The van der Waals surface area contributed by atoms with Crippen LogP contribution in [0, 0.1) is 0 Å². The molecule has 2 nitrogen and oxygen atoms in total. The second-order valence-corrected chi connectivity index (χ2v) is 4.95. The highest BCUT2D eigenvalue weighted by Gasteiger charge is 2.34. The first-order valence-corrected chi connectivity index (χ1v) is 5.55. The molecule has 0 amide bonds. The Morgan fingerprint density at radius 1 is 1.29 bits per heavy atom. The maximum atomic E-state index is 10.1. The molecule has 0 spiro atoms. The third-order valence-electron chi connectivity index (χ3n) is 3.31. The molecule has 1 saturated heterocycles. The lowest BCUT2D eigenvalue weighted by atomic mass is 9.89. The number of hydrogen-bond donors (Lipinski definition) is 1. The maximum absolute atomic E-state index is 10.1. The van der Waals surface area contributed by atoms with E-state index in [1.54, 1.807) is 0 Å². The normalized spacial score (nSPS) is 22.0. The fourth-order valence-corrected chi connectivity index (χ4v) is 2.25. The SMILES string of the molecule is C=C(C)C(O)C(C)(C)N1CCCCC1. The monoisotopic (exact) mass is 197 g/mol. The van der Waals surface area contributed by atoms with Gasteiger partial charge in [0.05, 0.1) is 6.10 Å². The number of aliphatic hydroxyl groups is 1. The van der Waals surface area contributed by atoms with Crippen LogP contribution in [0.15, 0.2) is 12.2 Å². The topological polar surface area (TPSA) is 23.5 Å². The first kappa shape index (κ1) is 11.7. The largest absolute Gasteiger partial charge is 0.387 e. The van der Waals surface area contributed by atoms with Crippen LogP contribution in [0.25, 0.3) is 0 Å². The molecule has 0 aromatic rings. The van der Waals surface area contributed by atoms with Gasteiger partial charge in [-0.05, 0) is 46.7 Å². The van der Waals surface area contributed by atoms with Gasteiger partial charge in [0.1, 0.15) is 0 Å². The lowest BCUT2D eigenvalue weighted by Crippen LogP contribution is -2.54. The van der Waals surface area contributed by atoms with Gasteiger partial charge in [0, 0.05) is 5.54 Å². The lowest BCUT2D eigenvalue weighted by molar-refractivity contribution is -0.000280. The van der Waals surface area contributed by atoms with E-state index >= 15 is 0 Å². The fourth-order valence-electron chi connectivity index (χ4n) is 2.25. The van der Waals surface area contributed by atoms with Crippen LogP contribution in [0.2, 0.25) is 0 Å². The summed E-state index contributed by atoms with van der Waals surface area (Å²) in [5, 5.41) is 10.1. The van der Waals surface area contributed by atoms with Crippen molar-refractivity contribution in [3.05, 3.63) is 12.2 Å². The summed E-state index contributed by atoms with van der Waals surface area (Å²) in [6.45, 7) is 12.2. The van der Waals surface area contributed by atoms with Gasteiger partial charge in [0.25, 0.3) is 0 Å². The molecule has 1 unspecified atom stereocenters. The summed E-state index contributed by atoms with van der Waals surface area (Å²) in [7, 11) is 0. The van der Waals surface area contributed by atoms with Crippen LogP contribution in [-0.4, -0.2) is 34.7 Å². The Labute approximate surface area is 87.6 Å². The van der Waals surface area contributed by atoms with Crippen molar-refractivity contribution >= 4 is 0 Å². The third kappa shape index (κ3) is 2.37. The zero-order chi connectivity index (χ0) is 10.8. The fraction of sp³-hybridized carbons (Fsp3) is 0.833. The van der Waals surface area contributed by atoms with Gasteiger partial charge >= 0.3 is 0 Å². The van der Waals surface area contributed by atoms with Crippen molar-refractivity contribution in [2.75, 3.05) is 13.1 Å². The summed E-state index contributed by atoms with van der Waals surface area (Å²) in [5.74, 6) is 0. The number of piperidine rings is 1. The van der Waals surface area contributed by atoms with Crippen LogP contribution in [0.3, 0.4) is 0 Å². The molecule has 1 aliphatic heterocycles. The Hall–Kier alpha value is -0.340. The highest BCUT2D eigenvalue weighted by atomic mass is 16.3. The number of nitrogens with zero attached hydrogens (tertiary/aromatic N) is 1. The number of likely N-dealkylation sites (tertiary alicyclic amines) is 1. The summed E-state index contributed by atoms with van der Waals surface area (Å²) >= 11 is 0. The van der Waals surface area contributed by atoms with Crippen molar-refractivity contribution in [1.82, 2.24) is 4.90 Å². The van der Waals surface area contributed by atoms with E-state index in [0.29, 0.717) is 0 Å². The van der Waals surface area contributed by atoms with Gasteiger partial charge < -0.3 is 5.11 Å². The highest BCUT2D eigenvalue weighted by Crippen LogP contribution is 2.26. The quantitative estimate of drug-likeness (QED) is 0.701. The van der Waals surface area contributed by atoms with Gasteiger partial charge in [-0.1, -0.05) is 18.6 Å². The van der Waals surface area contributed by atoms with Crippen LogP contribution in [0.5, 0.6) is 0 Å². The molecule has 1 aliphatic rings. The molecule has 1 atom stereocenters. The molecule has 1 rings (SSSR count). The van der Waals surface area contributed by atoms with Crippen molar-refractivity contribution in [3.63, 3.8) is 0 Å². The zero-order valence-electron chi connectivity index (χ0n) is 9.71. The Kier molecular flexibility index (Phi) is 3.73. The number of hydrogen-bond acceptors (Lipinski definition) is 2. The lowest BCUT2D eigenvalue weighted by Gasteiger charge is -2.44. The predicted octanol–water partition coefficient (Wildman–Crippen LogP) is 2.19. The van der Waals surface area contributed by atoms with Gasteiger partial charge in [-0.2, -0.15) is 0 Å². The van der Waals surface area contributed by atoms with Crippen LogP contribution in [0.4, 0.5) is 0 Å². The van der Waals surface area contributed by atoms with Gasteiger partial charge in [-0.15, -0.1) is 0 Å². The van der Waals surface area contributed by atoms with Gasteiger partial charge in [0.2, 0.25) is 0 Å². The number of aliphatic hydroxyl groups excluding tert-OH is 1. The van der Waals surface area contributed by atoms with E-state index in [1.807, 2.05) is 6.92 Å². The number of rotatable bonds is 3. The molecular formula is C12H23NO. The third-order valence-corrected chi connectivity index (χ3v) is 3.31. The van der Waals surface area contributed by atoms with Gasteiger partial charge in [0.15, 0.2) is 0 Å². The summed E-state index contributed by atoms with van der Waals surface area (Å²) in [5.41, 5.74) is 0.701. The van der Waals surface area contributed by atoms with E-state index in [9.17, 15) is 5.11 Å². The molecule has 1 N–H and O–H groups in total. The van der Waals surface area contributed by atoms with Crippen molar-refractivity contribution in [3.8, 4) is 0 Å². The summed E-state index contributed by atoms with van der Waals surface area (Å²) in [6, 6.07) is 0. The van der Waals surface area contributed by atoms with Crippen LogP contribution >= 0.6 is 0 Å². The Morgan fingerprint density at radius 2 is 1.79 bits per heavy atom. The molecule has 1 heterocycles. The first-order valence-electron chi connectivity index (χ1n) is 5.55. The van der Waals surface area contributed by atoms with Crippen molar-refractivity contribution in [2.24, 2.45) is 0 Å². The zero-order valence-corrected chi connectivity index (χ0v) is 9.71. The molecule has 0 aromatic carbocycles. The second-order valence-electron chi connectivity index (χ2n) is 4.95.